The Morgan fingerprint density at radius 1 is 1.32 bits per heavy atom. The van der Waals surface area contributed by atoms with Crippen molar-refractivity contribution in [3.63, 3.8) is 0 Å². The lowest BCUT2D eigenvalue weighted by atomic mass is 10.1. The minimum Gasteiger partial charge on any atom is -0.324 e. The standard InChI is InChI=1S/C16H15N3O2S/c1-10(15(20)18-11-5-4-8-17-9-11)14-16(21)19-12-6-2-3-7-13(12)22-14/h2-10,14H,1H3,(H,18,20)(H,19,21)/t10-,14-/m1/s1. The van der Waals surface area contributed by atoms with Crippen LogP contribution in [0.2, 0.25) is 0 Å². The molecule has 0 saturated heterocycles. The normalized spacial score (nSPS) is 18.0. The summed E-state index contributed by atoms with van der Waals surface area (Å²) in [5.74, 6) is -0.795. The van der Waals surface area contributed by atoms with Crippen molar-refractivity contribution in [2.45, 2.75) is 17.1 Å². The molecule has 5 nitrogen and oxygen atoms in total. The number of para-hydroxylation sites is 1. The Labute approximate surface area is 132 Å². The summed E-state index contributed by atoms with van der Waals surface area (Å²) in [6.07, 6.45) is 3.22. The molecule has 2 atom stereocenters. The van der Waals surface area contributed by atoms with E-state index < -0.39 is 11.2 Å². The van der Waals surface area contributed by atoms with E-state index in [0.29, 0.717) is 5.69 Å². The van der Waals surface area contributed by atoms with Gasteiger partial charge in [0.2, 0.25) is 11.8 Å². The highest BCUT2D eigenvalue weighted by molar-refractivity contribution is 8.01. The number of hydrogen-bond donors (Lipinski definition) is 2. The zero-order valence-corrected chi connectivity index (χ0v) is 12.8. The van der Waals surface area contributed by atoms with E-state index in [9.17, 15) is 9.59 Å². The molecule has 2 amide bonds. The van der Waals surface area contributed by atoms with Gasteiger partial charge in [0.05, 0.1) is 28.7 Å². The van der Waals surface area contributed by atoms with E-state index in [1.54, 1.807) is 31.5 Å². The molecule has 2 aromatic rings. The first kappa shape index (κ1) is 14.6. The first-order valence-corrected chi connectivity index (χ1v) is 7.80. The number of carbonyl (C=O) groups excluding carboxylic acids is 2. The lowest BCUT2D eigenvalue weighted by Crippen LogP contribution is -2.39. The minimum atomic E-state index is -0.460. The number of pyridine rings is 1. The van der Waals surface area contributed by atoms with Gasteiger partial charge in [0, 0.05) is 11.1 Å². The van der Waals surface area contributed by atoms with Gasteiger partial charge in [0.15, 0.2) is 0 Å². The van der Waals surface area contributed by atoms with Gasteiger partial charge in [-0.3, -0.25) is 14.6 Å². The third-order valence-corrected chi connectivity index (χ3v) is 4.94. The predicted octanol–water partition coefficient (Wildman–Crippen LogP) is 2.77. The van der Waals surface area contributed by atoms with Gasteiger partial charge in [0.25, 0.3) is 0 Å². The molecule has 112 valence electrons. The molecule has 0 radical (unpaired) electrons. The molecule has 6 heteroatoms. The number of nitrogens with zero attached hydrogens (tertiary/aromatic N) is 1. The third-order valence-electron chi connectivity index (χ3n) is 3.45. The molecule has 1 aliphatic heterocycles. The van der Waals surface area contributed by atoms with Crippen molar-refractivity contribution in [1.82, 2.24) is 4.98 Å². The average molecular weight is 313 g/mol. The monoisotopic (exact) mass is 313 g/mol. The summed E-state index contributed by atoms with van der Waals surface area (Å²) in [6, 6.07) is 11.1. The quantitative estimate of drug-likeness (QED) is 0.914. The Bertz CT molecular complexity index is 706. The van der Waals surface area contributed by atoms with E-state index in [0.717, 1.165) is 10.6 Å². The van der Waals surface area contributed by atoms with Gasteiger partial charge in [-0.05, 0) is 24.3 Å². The van der Waals surface area contributed by atoms with E-state index in [1.807, 2.05) is 24.3 Å². The summed E-state index contributed by atoms with van der Waals surface area (Å²) in [7, 11) is 0. The summed E-state index contributed by atoms with van der Waals surface area (Å²) in [4.78, 5) is 29.5. The van der Waals surface area contributed by atoms with Crippen molar-refractivity contribution in [2.24, 2.45) is 5.92 Å². The van der Waals surface area contributed by atoms with Gasteiger partial charge in [-0.1, -0.05) is 19.1 Å². The molecule has 2 heterocycles. The molecule has 1 aromatic carbocycles. The Kier molecular flexibility index (Phi) is 4.11. The third kappa shape index (κ3) is 2.96. The second-order valence-corrected chi connectivity index (χ2v) is 6.23. The Hall–Kier alpha value is -2.34. The summed E-state index contributed by atoms with van der Waals surface area (Å²) in [6.45, 7) is 1.76. The Balaban J connectivity index is 1.73. The lowest BCUT2D eigenvalue weighted by Gasteiger charge is -2.27. The summed E-state index contributed by atoms with van der Waals surface area (Å²) < 4.78 is 0. The number of thioether (sulfide) groups is 1. The second-order valence-electron chi connectivity index (χ2n) is 5.04. The number of aromatic nitrogens is 1. The van der Waals surface area contributed by atoms with Crippen LogP contribution in [0.1, 0.15) is 6.92 Å². The maximum absolute atomic E-state index is 12.3. The average Bonchev–Trinajstić information content (AvgIpc) is 2.54. The highest BCUT2D eigenvalue weighted by Gasteiger charge is 2.35. The smallest absolute Gasteiger partial charge is 0.238 e. The van der Waals surface area contributed by atoms with E-state index >= 15 is 0 Å². The SMILES string of the molecule is C[C@@H](C(=O)Nc1cccnc1)[C@H]1Sc2ccccc2NC1=O. The van der Waals surface area contributed by atoms with Gasteiger partial charge < -0.3 is 10.6 Å². The fourth-order valence-corrected chi connectivity index (χ4v) is 3.40. The van der Waals surface area contributed by atoms with Crippen LogP contribution in [0.25, 0.3) is 0 Å². The van der Waals surface area contributed by atoms with Crippen molar-refractivity contribution in [1.29, 1.82) is 0 Å². The molecule has 0 spiro atoms. The molecule has 0 unspecified atom stereocenters. The maximum atomic E-state index is 12.3. The van der Waals surface area contributed by atoms with Crippen LogP contribution in [0.5, 0.6) is 0 Å². The number of carbonyl (C=O) groups is 2. The molecule has 22 heavy (non-hydrogen) atoms. The van der Waals surface area contributed by atoms with Crippen LogP contribution in [0, 0.1) is 5.92 Å². The Morgan fingerprint density at radius 3 is 2.91 bits per heavy atom. The zero-order chi connectivity index (χ0) is 15.5. The van der Waals surface area contributed by atoms with Crippen LogP contribution < -0.4 is 10.6 Å². The molecule has 0 saturated carbocycles. The molecule has 1 aromatic heterocycles. The molecule has 2 N–H and O–H groups in total. The van der Waals surface area contributed by atoms with Crippen molar-refractivity contribution in [3.8, 4) is 0 Å². The van der Waals surface area contributed by atoms with Crippen LogP contribution in [-0.2, 0) is 9.59 Å². The fraction of sp³-hybridized carbons (Fsp3) is 0.188. The van der Waals surface area contributed by atoms with Crippen molar-refractivity contribution < 1.29 is 9.59 Å². The fourth-order valence-electron chi connectivity index (χ4n) is 2.23. The topological polar surface area (TPSA) is 71.1 Å². The van der Waals surface area contributed by atoms with E-state index in [2.05, 4.69) is 15.6 Å². The first-order valence-electron chi connectivity index (χ1n) is 6.92. The van der Waals surface area contributed by atoms with Gasteiger partial charge in [0.1, 0.15) is 0 Å². The second kappa shape index (κ2) is 6.19. The molecule has 1 aliphatic rings. The van der Waals surface area contributed by atoms with E-state index in [1.165, 1.54) is 11.8 Å². The lowest BCUT2D eigenvalue weighted by molar-refractivity contribution is -0.123. The Morgan fingerprint density at radius 2 is 2.14 bits per heavy atom. The number of anilines is 2. The molecular weight excluding hydrogens is 298 g/mol. The maximum Gasteiger partial charge on any atom is 0.238 e. The summed E-state index contributed by atoms with van der Waals surface area (Å²) in [5.41, 5.74) is 1.43. The van der Waals surface area contributed by atoms with Crippen LogP contribution in [0.3, 0.4) is 0 Å². The van der Waals surface area contributed by atoms with Gasteiger partial charge in [-0.15, -0.1) is 11.8 Å². The van der Waals surface area contributed by atoms with Crippen LogP contribution in [-0.4, -0.2) is 22.0 Å². The number of benzene rings is 1. The van der Waals surface area contributed by atoms with Gasteiger partial charge in [-0.2, -0.15) is 0 Å². The molecule has 0 bridgehead atoms. The summed E-state index contributed by atoms with van der Waals surface area (Å²) in [5, 5.41) is 5.19. The molecule has 0 fully saturated rings. The van der Waals surface area contributed by atoms with Crippen molar-refractivity contribution >= 4 is 35.0 Å². The van der Waals surface area contributed by atoms with E-state index in [4.69, 9.17) is 0 Å². The number of hydrogen-bond acceptors (Lipinski definition) is 4. The van der Waals surface area contributed by atoms with E-state index in [-0.39, 0.29) is 11.8 Å². The predicted molar refractivity (Wildman–Crippen MR) is 86.7 cm³/mol. The van der Waals surface area contributed by atoms with Gasteiger partial charge >= 0.3 is 0 Å². The number of amides is 2. The molecular formula is C16H15N3O2S. The minimum absolute atomic E-state index is 0.141. The number of rotatable bonds is 3. The molecule has 0 aliphatic carbocycles. The van der Waals surface area contributed by atoms with Gasteiger partial charge in [-0.25, -0.2) is 0 Å². The van der Waals surface area contributed by atoms with Crippen molar-refractivity contribution in [2.75, 3.05) is 10.6 Å². The van der Waals surface area contributed by atoms with Crippen LogP contribution in [0.15, 0.2) is 53.7 Å². The highest BCUT2D eigenvalue weighted by atomic mass is 32.2. The van der Waals surface area contributed by atoms with Crippen LogP contribution >= 0.6 is 11.8 Å². The van der Waals surface area contributed by atoms with Crippen LogP contribution in [0.4, 0.5) is 11.4 Å². The highest BCUT2D eigenvalue weighted by Crippen LogP contribution is 2.38. The largest absolute Gasteiger partial charge is 0.324 e. The summed E-state index contributed by atoms with van der Waals surface area (Å²) >= 11 is 1.42. The van der Waals surface area contributed by atoms with Crippen molar-refractivity contribution in [3.05, 3.63) is 48.8 Å². The first-order chi connectivity index (χ1) is 10.6. The molecule has 3 rings (SSSR count). The zero-order valence-electron chi connectivity index (χ0n) is 11.9. The number of nitrogens with one attached hydrogen (secondary N) is 2. The number of fused-ring (bicyclic) bond motifs is 1.